The van der Waals surface area contributed by atoms with Crippen molar-refractivity contribution in [3.05, 3.63) is 22.8 Å². The number of hydrogen-bond acceptors (Lipinski definition) is 3. The number of halogens is 1. The molecule has 2 nitrogen and oxygen atoms in total. The van der Waals surface area contributed by atoms with Crippen LogP contribution in [0.2, 0.25) is 0 Å². The highest BCUT2D eigenvalue weighted by atomic mass is 79.9. The first-order valence-corrected chi connectivity index (χ1v) is 6.01. The monoisotopic (exact) mass is 276 g/mol. The summed E-state index contributed by atoms with van der Waals surface area (Å²) in [5.74, 6) is 0.855. The molecule has 0 spiro atoms. The Kier molecular flexibility index (Phi) is 4.15. The molecule has 0 N–H and O–H groups in total. The quantitative estimate of drug-likeness (QED) is 0.733. The lowest BCUT2D eigenvalue weighted by Crippen LogP contribution is -2.21. The van der Waals surface area contributed by atoms with Gasteiger partial charge in [-0.15, -0.1) is 0 Å². The Morgan fingerprint density at radius 1 is 1.69 bits per heavy atom. The van der Waals surface area contributed by atoms with Crippen molar-refractivity contribution in [1.29, 1.82) is 0 Å². The fourth-order valence-electron chi connectivity index (χ4n) is 0.807. The molecule has 1 heterocycles. The lowest BCUT2D eigenvalue weighted by atomic mass is 10.4. The molecule has 70 valence electrons. The van der Waals surface area contributed by atoms with Crippen molar-refractivity contribution in [3.8, 4) is 0 Å². The first-order valence-electron chi connectivity index (χ1n) is 3.58. The number of thioether (sulfide) groups is 1. The van der Waals surface area contributed by atoms with Gasteiger partial charge in [-0.2, -0.15) is 0 Å². The molecule has 1 aromatic heterocycles. The van der Waals surface area contributed by atoms with Crippen LogP contribution in [0, 0.1) is 0 Å². The van der Waals surface area contributed by atoms with Gasteiger partial charge in [0.25, 0.3) is 0 Å². The van der Waals surface area contributed by atoms with E-state index in [1.54, 1.807) is 6.20 Å². The zero-order valence-corrected chi connectivity index (χ0v) is 10.5. The lowest BCUT2D eigenvalue weighted by Gasteiger charge is -2.16. The van der Waals surface area contributed by atoms with Gasteiger partial charge in [0.15, 0.2) is 0 Å². The van der Waals surface area contributed by atoms with E-state index < -0.39 is 0 Å². The topological polar surface area (TPSA) is 16.1 Å². The number of thiocarbonyl (C=S) groups is 1. The van der Waals surface area contributed by atoms with Crippen LogP contribution in [0.15, 0.2) is 22.8 Å². The highest BCUT2D eigenvalue weighted by Crippen LogP contribution is 2.18. The molecule has 0 fully saturated rings. The summed E-state index contributed by atoms with van der Waals surface area (Å²) in [5, 5.41) is 0. The van der Waals surface area contributed by atoms with E-state index in [2.05, 4.69) is 20.9 Å². The zero-order valence-electron chi connectivity index (χ0n) is 7.32. The molecule has 1 aromatic rings. The third-order valence-electron chi connectivity index (χ3n) is 1.50. The van der Waals surface area contributed by atoms with E-state index in [0.29, 0.717) is 0 Å². The predicted molar refractivity (Wildman–Crippen MR) is 66.5 cm³/mol. The van der Waals surface area contributed by atoms with Gasteiger partial charge in [0.05, 0.1) is 0 Å². The van der Waals surface area contributed by atoms with Gasteiger partial charge in [-0.3, -0.25) is 0 Å². The average Bonchev–Trinajstić information content (AvgIpc) is 2.15. The molecule has 5 heteroatoms. The van der Waals surface area contributed by atoms with Gasteiger partial charge in [0, 0.05) is 17.7 Å². The summed E-state index contributed by atoms with van der Waals surface area (Å²) in [6, 6.07) is 3.82. The lowest BCUT2D eigenvalue weighted by molar-refractivity contribution is 1.18. The average molecular weight is 277 g/mol. The Bertz CT molecular complexity index is 317. The Labute approximate surface area is 95.9 Å². The summed E-state index contributed by atoms with van der Waals surface area (Å²) in [7, 11) is 1.91. The van der Waals surface area contributed by atoms with Crippen LogP contribution >= 0.6 is 39.9 Å². The summed E-state index contributed by atoms with van der Waals surface area (Å²) >= 11 is 10.1. The van der Waals surface area contributed by atoms with Crippen LogP contribution in [0.3, 0.4) is 0 Å². The van der Waals surface area contributed by atoms with Crippen LogP contribution in [0.25, 0.3) is 0 Å². The summed E-state index contributed by atoms with van der Waals surface area (Å²) in [4.78, 5) is 6.08. The Morgan fingerprint density at radius 2 is 2.38 bits per heavy atom. The molecular formula is C8H9BrN2S2. The van der Waals surface area contributed by atoms with Crippen LogP contribution in [0.1, 0.15) is 0 Å². The number of pyridine rings is 1. The fraction of sp³-hybridized carbons (Fsp3) is 0.250. The number of aromatic nitrogens is 1. The van der Waals surface area contributed by atoms with E-state index in [1.165, 1.54) is 11.8 Å². The smallest absolute Gasteiger partial charge is 0.141 e. The molecule has 0 radical (unpaired) electrons. The molecule has 0 aromatic carbocycles. The Balaban J connectivity index is 2.88. The second-order valence-corrected chi connectivity index (χ2v) is 4.72. The Hall–Kier alpha value is -0.130. The first kappa shape index (κ1) is 10.9. The molecule has 0 aliphatic carbocycles. The molecule has 0 unspecified atom stereocenters. The van der Waals surface area contributed by atoms with E-state index in [1.807, 2.05) is 30.3 Å². The zero-order chi connectivity index (χ0) is 9.84. The predicted octanol–water partition coefficient (Wildman–Crippen LogP) is 2.93. The SMILES string of the molecule is CSC(=S)N(C)c1cc(Br)ccn1. The molecule has 1 rings (SSSR count). The number of anilines is 1. The molecule has 0 saturated carbocycles. The van der Waals surface area contributed by atoms with Crippen LogP contribution in [0.5, 0.6) is 0 Å². The molecule has 0 bridgehead atoms. The van der Waals surface area contributed by atoms with Crippen LogP contribution < -0.4 is 4.90 Å². The van der Waals surface area contributed by atoms with Gasteiger partial charge in [-0.05, 0) is 18.4 Å². The molecule has 0 aliphatic heterocycles. The minimum atomic E-state index is 0.811. The van der Waals surface area contributed by atoms with Gasteiger partial charge in [-0.25, -0.2) is 4.98 Å². The van der Waals surface area contributed by atoms with Crippen molar-refractivity contribution in [2.75, 3.05) is 18.2 Å². The normalized spacial score (nSPS) is 9.77. The van der Waals surface area contributed by atoms with Crippen molar-refractivity contribution in [2.24, 2.45) is 0 Å². The molecule has 0 atom stereocenters. The van der Waals surface area contributed by atoms with Gasteiger partial charge >= 0.3 is 0 Å². The number of rotatable bonds is 1. The van der Waals surface area contributed by atoms with Crippen molar-refractivity contribution >= 4 is 50.0 Å². The van der Waals surface area contributed by atoms with E-state index >= 15 is 0 Å². The molecule has 0 saturated heterocycles. The highest BCUT2D eigenvalue weighted by molar-refractivity contribution is 9.10. The van der Waals surface area contributed by atoms with Gasteiger partial charge in [0.1, 0.15) is 10.1 Å². The van der Waals surface area contributed by atoms with Crippen LogP contribution in [-0.4, -0.2) is 22.6 Å². The second kappa shape index (κ2) is 4.93. The summed E-state index contributed by atoms with van der Waals surface area (Å²) < 4.78 is 1.82. The highest BCUT2D eigenvalue weighted by Gasteiger charge is 2.06. The van der Waals surface area contributed by atoms with E-state index in [4.69, 9.17) is 12.2 Å². The third-order valence-corrected chi connectivity index (χ3v) is 3.39. The second-order valence-electron chi connectivity index (χ2n) is 2.36. The maximum atomic E-state index is 5.14. The standard InChI is InChI=1S/C8H9BrN2S2/c1-11(8(12)13-2)7-5-6(9)3-4-10-7/h3-5H,1-2H3. The van der Waals surface area contributed by atoms with Gasteiger partial charge in [-0.1, -0.05) is 39.9 Å². The number of nitrogens with zero attached hydrogens (tertiary/aromatic N) is 2. The minimum Gasteiger partial charge on any atom is -0.315 e. The maximum Gasteiger partial charge on any atom is 0.141 e. The molecule has 0 amide bonds. The molecule has 13 heavy (non-hydrogen) atoms. The van der Waals surface area contributed by atoms with Crippen molar-refractivity contribution in [1.82, 2.24) is 4.98 Å². The van der Waals surface area contributed by atoms with Gasteiger partial charge in [0.2, 0.25) is 0 Å². The first-order chi connectivity index (χ1) is 6.15. The van der Waals surface area contributed by atoms with Crippen LogP contribution in [-0.2, 0) is 0 Å². The Morgan fingerprint density at radius 3 is 2.92 bits per heavy atom. The summed E-state index contributed by atoms with van der Waals surface area (Å²) in [6.45, 7) is 0. The largest absolute Gasteiger partial charge is 0.315 e. The fourth-order valence-corrected chi connectivity index (χ4v) is 1.59. The van der Waals surface area contributed by atoms with E-state index in [9.17, 15) is 0 Å². The molecular weight excluding hydrogens is 268 g/mol. The van der Waals surface area contributed by atoms with Crippen molar-refractivity contribution < 1.29 is 0 Å². The van der Waals surface area contributed by atoms with E-state index in [-0.39, 0.29) is 0 Å². The minimum absolute atomic E-state index is 0.811. The van der Waals surface area contributed by atoms with Crippen LogP contribution in [0.4, 0.5) is 5.82 Å². The third kappa shape index (κ3) is 2.93. The van der Waals surface area contributed by atoms with Crippen molar-refractivity contribution in [2.45, 2.75) is 0 Å². The van der Waals surface area contributed by atoms with Crippen molar-refractivity contribution in [3.63, 3.8) is 0 Å². The number of hydrogen-bond donors (Lipinski definition) is 0. The summed E-state index contributed by atoms with van der Waals surface area (Å²) in [6.07, 6.45) is 3.70. The van der Waals surface area contributed by atoms with Gasteiger partial charge < -0.3 is 4.90 Å². The van der Waals surface area contributed by atoms with E-state index in [0.717, 1.165) is 14.6 Å². The maximum absolute atomic E-state index is 5.14. The summed E-state index contributed by atoms with van der Waals surface area (Å²) in [5.41, 5.74) is 0. The molecule has 0 aliphatic rings.